The lowest BCUT2D eigenvalue weighted by Crippen LogP contribution is -2.48. The number of hydrogen-bond acceptors (Lipinski definition) is 8. The number of sulfonamides is 1. The highest BCUT2D eigenvalue weighted by Crippen LogP contribution is 2.34. The lowest BCUT2D eigenvalue weighted by molar-refractivity contribution is -0.137. The minimum Gasteiger partial charge on any atom is -0.483 e. The van der Waals surface area contributed by atoms with E-state index < -0.39 is 39.8 Å². The average Bonchev–Trinajstić information content (AvgIpc) is 3.57. The number of benzene rings is 4. The summed E-state index contributed by atoms with van der Waals surface area (Å²) in [5.74, 6) is -0.845. The third-order valence-corrected chi connectivity index (χ3v) is 9.45. The van der Waals surface area contributed by atoms with E-state index in [0.717, 1.165) is 28.3 Å². The number of nitrogens with zero attached hydrogens (tertiary/aromatic N) is 3. The van der Waals surface area contributed by atoms with Crippen molar-refractivity contribution in [3.05, 3.63) is 125 Å². The van der Waals surface area contributed by atoms with Crippen LogP contribution in [0.5, 0.6) is 0 Å². The molecule has 16 heteroatoms. The fraction of sp³-hybridized carbons (Fsp3) is 0.263. The van der Waals surface area contributed by atoms with Gasteiger partial charge in [-0.05, 0) is 72.5 Å². The van der Waals surface area contributed by atoms with Gasteiger partial charge in [0.2, 0.25) is 15.9 Å². The number of carboxylic acid groups (broad SMARTS) is 1. The number of carbonyl (C=O) groups is 3. The van der Waals surface area contributed by atoms with Gasteiger partial charge in [-0.25, -0.2) is 12.7 Å². The Bertz CT molecular complexity index is 2080. The van der Waals surface area contributed by atoms with Gasteiger partial charge < -0.3 is 25.7 Å². The molecule has 0 unspecified atom stereocenters. The quantitative estimate of drug-likeness (QED) is 0.136. The highest BCUT2D eigenvalue weighted by Gasteiger charge is 2.31. The van der Waals surface area contributed by atoms with Crippen LogP contribution in [0.2, 0.25) is 0 Å². The van der Waals surface area contributed by atoms with Crippen molar-refractivity contribution in [3.8, 4) is 6.07 Å². The maximum Gasteiger partial charge on any atom is 0.416 e. The second-order valence-electron chi connectivity index (χ2n) is 12.3. The first kappa shape index (κ1) is 41.0. The Balaban J connectivity index is 0.00000209. The monoisotopic (exact) mass is 765 g/mol. The second-order valence-corrected chi connectivity index (χ2v) is 14.2. The number of aliphatic hydroxyl groups excluding tert-OH is 1. The standard InChI is InChI=1S/C37H36F3N5O5S.CH2O2/c1-51(49,50)45(30-14-12-26(22-41)13-15-30)32-20-28(19-31(21-32)44-16-6-11-35(44)47)36(48)43-33(18-25-7-3-2-4-8-25)34(46)24-42-23-27-9-5-10-29(17-27)37(38,39)40;2-1-3/h2-5,7-10,12-15,17,19-21,33-34,42,46H,6,11,16,18,23-24H2,1H3,(H,43,48);1H,(H,2,3)/t33-,34+;/m0./s1. The first-order chi connectivity index (χ1) is 25.6. The smallest absolute Gasteiger partial charge is 0.416 e. The van der Waals surface area contributed by atoms with Crippen molar-refractivity contribution in [2.75, 3.05) is 28.6 Å². The first-order valence-corrected chi connectivity index (χ1v) is 18.4. The molecule has 0 bridgehead atoms. The molecule has 4 aromatic rings. The molecule has 0 radical (unpaired) electrons. The van der Waals surface area contributed by atoms with E-state index in [4.69, 9.17) is 9.90 Å². The number of amides is 2. The minimum atomic E-state index is -4.50. The fourth-order valence-electron chi connectivity index (χ4n) is 5.89. The van der Waals surface area contributed by atoms with Crippen LogP contribution in [0.1, 0.15) is 45.5 Å². The van der Waals surface area contributed by atoms with E-state index in [1.165, 1.54) is 59.5 Å². The number of halogens is 3. The summed E-state index contributed by atoms with van der Waals surface area (Å²) in [4.78, 5) is 36.6. The predicted molar refractivity (Wildman–Crippen MR) is 195 cm³/mol. The molecule has 2 amide bonds. The van der Waals surface area contributed by atoms with Crippen LogP contribution in [0.3, 0.4) is 0 Å². The molecule has 1 aliphatic heterocycles. The van der Waals surface area contributed by atoms with Gasteiger partial charge in [-0.2, -0.15) is 18.4 Å². The second kappa shape index (κ2) is 18.3. The molecule has 2 atom stereocenters. The maximum atomic E-state index is 14.0. The molecule has 12 nitrogen and oxygen atoms in total. The molecule has 1 heterocycles. The molecule has 1 fully saturated rings. The Morgan fingerprint density at radius 1 is 1.00 bits per heavy atom. The zero-order valence-electron chi connectivity index (χ0n) is 29.0. The molecule has 0 aromatic heterocycles. The first-order valence-electron chi connectivity index (χ1n) is 16.6. The zero-order chi connectivity index (χ0) is 39.5. The number of aliphatic hydroxyl groups is 1. The van der Waals surface area contributed by atoms with Gasteiger partial charge in [-0.15, -0.1) is 0 Å². The summed E-state index contributed by atoms with van der Waals surface area (Å²) in [5.41, 5.74) is 1.29. The van der Waals surface area contributed by atoms with Crippen molar-refractivity contribution in [2.24, 2.45) is 0 Å². The normalized spacial score (nSPS) is 13.9. The van der Waals surface area contributed by atoms with Crippen molar-refractivity contribution in [2.45, 2.75) is 44.1 Å². The SMILES string of the molecule is CS(=O)(=O)N(c1ccc(C#N)cc1)c1cc(C(=O)N[C@@H](Cc2ccccc2)[C@H](O)CNCc2cccc(C(F)(F)F)c2)cc(N2CCCC2=O)c1.O=CO. The van der Waals surface area contributed by atoms with Crippen LogP contribution in [0.15, 0.2) is 97.1 Å². The Kier molecular flexibility index (Phi) is 13.9. The molecule has 284 valence electrons. The van der Waals surface area contributed by atoms with Gasteiger partial charge in [-0.1, -0.05) is 48.5 Å². The number of rotatable bonds is 13. The topological polar surface area (TPSA) is 180 Å². The predicted octanol–water partition coefficient (Wildman–Crippen LogP) is 4.99. The van der Waals surface area contributed by atoms with Crippen LogP contribution in [0.25, 0.3) is 0 Å². The van der Waals surface area contributed by atoms with Crippen LogP contribution in [0.4, 0.5) is 30.2 Å². The molecule has 4 aromatic carbocycles. The van der Waals surface area contributed by atoms with Crippen molar-refractivity contribution in [1.82, 2.24) is 10.6 Å². The van der Waals surface area contributed by atoms with Gasteiger partial charge in [0.05, 0.1) is 47.0 Å². The van der Waals surface area contributed by atoms with E-state index >= 15 is 0 Å². The number of hydrogen-bond donors (Lipinski definition) is 4. The number of nitriles is 1. The molecule has 1 saturated heterocycles. The van der Waals surface area contributed by atoms with Crippen molar-refractivity contribution >= 4 is 45.4 Å². The summed E-state index contributed by atoms with van der Waals surface area (Å²) in [6.45, 7) is 0.0625. The zero-order valence-corrected chi connectivity index (χ0v) is 29.8. The third-order valence-electron chi connectivity index (χ3n) is 8.36. The summed E-state index contributed by atoms with van der Waals surface area (Å²) in [6.07, 6.45) is -3.65. The Morgan fingerprint density at radius 2 is 1.67 bits per heavy atom. The Labute approximate surface area is 310 Å². The molecular weight excluding hydrogens is 728 g/mol. The largest absolute Gasteiger partial charge is 0.483 e. The van der Waals surface area contributed by atoms with Crippen LogP contribution < -0.4 is 19.8 Å². The summed E-state index contributed by atoms with van der Waals surface area (Å²) < 4.78 is 67.0. The number of carbonyl (C=O) groups excluding carboxylic acids is 2. The van der Waals surface area contributed by atoms with Gasteiger partial charge in [0.15, 0.2) is 0 Å². The van der Waals surface area contributed by atoms with Crippen molar-refractivity contribution in [1.29, 1.82) is 5.26 Å². The van der Waals surface area contributed by atoms with Crippen LogP contribution in [-0.2, 0) is 38.8 Å². The van der Waals surface area contributed by atoms with E-state index in [2.05, 4.69) is 10.6 Å². The van der Waals surface area contributed by atoms with Crippen molar-refractivity contribution < 1.29 is 46.2 Å². The molecule has 0 spiro atoms. The van der Waals surface area contributed by atoms with E-state index in [1.807, 2.05) is 24.3 Å². The highest BCUT2D eigenvalue weighted by atomic mass is 32.2. The van der Waals surface area contributed by atoms with E-state index in [0.29, 0.717) is 29.8 Å². The van der Waals surface area contributed by atoms with Crippen molar-refractivity contribution in [3.63, 3.8) is 0 Å². The molecule has 0 aliphatic carbocycles. The van der Waals surface area contributed by atoms with E-state index in [9.17, 15) is 41.5 Å². The van der Waals surface area contributed by atoms with Gasteiger partial charge in [0, 0.05) is 37.3 Å². The highest BCUT2D eigenvalue weighted by molar-refractivity contribution is 7.92. The summed E-state index contributed by atoms with van der Waals surface area (Å²) in [6, 6.07) is 25.2. The molecule has 1 aliphatic rings. The molecule has 0 saturated carbocycles. The fourth-order valence-corrected chi connectivity index (χ4v) is 6.88. The van der Waals surface area contributed by atoms with E-state index in [-0.39, 0.29) is 55.2 Å². The summed E-state index contributed by atoms with van der Waals surface area (Å²) in [7, 11) is -4.00. The lowest BCUT2D eigenvalue weighted by Gasteiger charge is -2.27. The van der Waals surface area contributed by atoms with Crippen LogP contribution >= 0.6 is 0 Å². The van der Waals surface area contributed by atoms with Gasteiger partial charge >= 0.3 is 6.18 Å². The lowest BCUT2D eigenvalue weighted by atomic mass is 10.00. The Hall–Kier alpha value is -5.76. The molecular formula is C38H38F3N5O7S. The van der Waals surface area contributed by atoms with Crippen LogP contribution in [0, 0.1) is 11.3 Å². The van der Waals surface area contributed by atoms with Gasteiger partial charge in [0.25, 0.3) is 12.4 Å². The third kappa shape index (κ3) is 11.1. The molecule has 5 rings (SSSR count). The molecule has 54 heavy (non-hydrogen) atoms. The van der Waals surface area contributed by atoms with Gasteiger partial charge in [-0.3, -0.25) is 14.4 Å². The number of anilines is 3. The number of nitrogens with one attached hydrogen (secondary N) is 2. The average molecular weight is 766 g/mol. The maximum absolute atomic E-state index is 14.0. The van der Waals surface area contributed by atoms with Crippen LogP contribution in [-0.4, -0.2) is 68.4 Å². The van der Waals surface area contributed by atoms with E-state index in [1.54, 1.807) is 12.1 Å². The molecule has 4 N–H and O–H groups in total. The summed E-state index contributed by atoms with van der Waals surface area (Å²) in [5, 5.41) is 33.3. The Morgan fingerprint density at radius 3 is 2.26 bits per heavy atom. The summed E-state index contributed by atoms with van der Waals surface area (Å²) >= 11 is 0. The number of alkyl halides is 3. The minimum absolute atomic E-state index is 0.0201. The van der Waals surface area contributed by atoms with Gasteiger partial charge in [0.1, 0.15) is 0 Å².